The van der Waals surface area contributed by atoms with E-state index < -0.39 is 7.29 Å². The van der Waals surface area contributed by atoms with E-state index in [0.29, 0.717) is 10.1 Å². The summed E-state index contributed by atoms with van der Waals surface area (Å²) in [5.74, 6) is 3.38. The van der Waals surface area contributed by atoms with Gasteiger partial charge in [-0.25, -0.2) is 4.67 Å². The average molecular weight is 422 g/mol. The Labute approximate surface area is 171 Å². The fourth-order valence-corrected chi connectivity index (χ4v) is 6.32. The highest BCUT2D eigenvalue weighted by molar-refractivity contribution is 7.68. The molecule has 1 aliphatic heterocycles. The molecule has 0 saturated carbocycles. The van der Waals surface area contributed by atoms with Crippen LogP contribution in [-0.2, 0) is 4.57 Å². The van der Waals surface area contributed by atoms with Gasteiger partial charge < -0.3 is 4.90 Å². The molecule has 0 amide bonds. The van der Waals surface area contributed by atoms with Crippen molar-refractivity contribution in [2.24, 2.45) is 0 Å². The minimum Gasteiger partial charge on any atom is -0.335 e. The van der Waals surface area contributed by atoms with E-state index in [1.807, 2.05) is 65.3 Å². The van der Waals surface area contributed by atoms with Crippen LogP contribution in [0.5, 0.6) is 0 Å². The molecule has 1 fully saturated rings. The van der Waals surface area contributed by atoms with Crippen molar-refractivity contribution >= 4 is 40.6 Å². The van der Waals surface area contributed by atoms with E-state index in [1.54, 1.807) is 11.6 Å². The monoisotopic (exact) mass is 421 g/mol. The Hall–Kier alpha value is -1.35. The molecule has 1 heterocycles. The summed E-state index contributed by atoms with van der Waals surface area (Å²) in [6.45, 7) is 3.37. The highest BCUT2D eigenvalue weighted by Gasteiger charge is 2.31. The molecule has 3 nitrogen and oxygen atoms in total. The third-order valence-electron chi connectivity index (χ3n) is 4.73. The fraction of sp³-hybridized carbons (Fsp3) is 0.238. The summed E-state index contributed by atoms with van der Waals surface area (Å²) in [4.78, 5) is 1.44. The van der Waals surface area contributed by atoms with Crippen LogP contribution in [0.1, 0.15) is 11.1 Å². The Bertz CT molecular complexity index is 801. The van der Waals surface area contributed by atoms with E-state index in [0.717, 1.165) is 37.3 Å². The predicted molar refractivity (Wildman–Crippen MR) is 116 cm³/mol. The Morgan fingerprint density at radius 3 is 1.70 bits per heavy atom. The number of hydrogen-bond acceptors (Lipinski definition) is 1. The Balaban J connectivity index is 2.00. The molecule has 0 aliphatic carbocycles. The lowest BCUT2D eigenvalue weighted by Gasteiger charge is -2.33. The number of likely N-dealkylation sites (N-methyl/N-ethyl adjacent to an activating group) is 1. The van der Waals surface area contributed by atoms with Crippen LogP contribution in [0.2, 0.25) is 0 Å². The minimum atomic E-state index is -3.03. The third kappa shape index (κ3) is 5.34. The van der Waals surface area contributed by atoms with Gasteiger partial charge in [0.1, 0.15) is 0 Å². The number of quaternary nitrogens is 1. The first-order valence-corrected chi connectivity index (χ1v) is 11.6. The lowest BCUT2D eigenvalue weighted by atomic mass is 10.2. The van der Waals surface area contributed by atoms with Crippen LogP contribution >= 0.6 is 30.5 Å². The van der Waals surface area contributed by atoms with Crippen molar-refractivity contribution in [2.75, 3.05) is 33.2 Å². The van der Waals surface area contributed by atoms with Crippen molar-refractivity contribution in [2.45, 2.75) is 0 Å². The van der Waals surface area contributed by atoms with Crippen molar-refractivity contribution in [3.8, 4) is 0 Å². The van der Waals surface area contributed by atoms with Gasteiger partial charge in [0.15, 0.2) is 7.29 Å². The molecule has 142 valence electrons. The second kappa shape index (κ2) is 9.23. The van der Waals surface area contributed by atoms with Gasteiger partial charge in [0.05, 0.1) is 43.3 Å². The number of benzene rings is 2. The van der Waals surface area contributed by atoms with Crippen molar-refractivity contribution in [3.05, 3.63) is 83.4 Å². The van der Waals surface area contributed by atoms with Crippen LogP contribution in [0.3, 0.4) is 0 Å². The number of nitrogens with zero attached hydrogens (tertiary/aromatic N) is 1. The van der Waals surface area contributed by atoms with Gasteiger partial charge in [-0.05, 0) is 11.1 Å². The summed E-state index contributed by atoms with van der Waals surface area (Å²) in [6, 6.07) is 19.2. The first-order chi connectivity index (χ1) is 13.0. The predicted octanol–water partition coefficient (Wildman–Crippen LogP) is 4.57. The van der Waals surface area contributed by atoms with Gasteiger partial charge in [0.2, 0.25) is 0 Å². The third-order valence-corrected chi connectivity index (χ3v) is 8.23. The van der Waals surface area contributed by atoms with Crippen LogP contribution in [-0.4, -0.2) is 37.9 Å². The maximum atomic E-state index is 14.0. The summed E-state index contributed by atoms with van der Waals surface area (Å²) in [6.07, 6.45) is 0. The van der Waals surface area contributed by atoms with Gasteiger partial charge in [-0.2, -0.15) is 0 Å². The van der Waals surface area contributed by atoms with Gasteiger partial charge in [0, 0.05) is 11.6 Å². The molecule has 0 radical (unpaired) electrons. The molecule has 0 aromatic heterocycles. The van der Waals surface area contributed by atoms with Gasteiger partial charge in [0.25, 0.3) is 0 Å². The number of halogens is 2. The van der Waals surface area contributed by atoms with E-state index in [4.69, 9.17) is 23.2 Å². The normalized spacial score (nSPS) is 17.9. The standard InChI is InChI=1S/C21H23Cl2N2OP/c1-24-12-14-25(15-13-24)27(26,16-20(22)18-8-4-2-5-9-18)17-21(23)19-10-6-3-7-11-19/h2-11,16-17H,12-15H2,1H3/p+1/b20-16-,21-17-. The van der Waals surface area contributed by atoms with Crippen LogP contribution in [0.25, 0.3) is 10.1 Å². The van der Waals surface area contributed by atoms with Gasteiger partial charge in [-0.1, -0.05) is 83.9 Å². The van der Waals surface area contributed by atoms with Crippen molar-refractivity contribution in [1.82, 2.24) is 4.67 Å². The highest BCUT2D eigenvalue weighted by atomic mass is 35.5. The summed E-state index contributed by atoms with van der Waals surface area (Å²) in [7, 11) is -0.878. The molecule has 0 unspecified atom stereocenters. The van der Waals surface area contributed by atoms with Crippen LogP contribution < -0.4 is 4.90 Å². The molecule has 3 rings (SSSR count). The second-order valence-corrected chi connectivity index (χ2v) is 10.0. The second-order valence-electron chi connectivity index (χ2n) is 6.77. The maximum absolute atomic E-state index is 14.0. The molecule has 2 aromatic carbocycles. The Morgan fingerprint density at radius 2 is 1.30 bits per heavy atom. The van der Waals surface area contributed by atoms with Gasteiger partial charge >= 0.3 is 0 Å². The zero-order chi connectivity index (χ0) is 19.3. The lowest BCUT2D eigenvalue weighted by molar-refractivity contribution is -0.883. The summed E-state index contributed by atoms with van der Waals surface area (Å²) in [5.41, 5.74) is 1.70. The summed E-state index contributed by atoms with van der Waals surface area (Å²) >= 11 is 13.1. The molecule has 27 heavy (non-hydrogen) atoms. The molecule has 6 heteroatoms. The van der Waals surface area contributed by atoms with Gasteiger partial charge in [-0.3, -0.25) is 4.57 Å². The van der Waals surface area contributed by atoms with E-state index >= 15 is 0 Å². The molecule has 0 bridgehead atoms. The zero-order valence-corrected chi connectivity index (χ0v) is 17.7. The Kier molecular flexibility index (Phi) is 6.97. The molecular formula is C21H24Cl2N2OP+. The quantitative estimate of drug-likeness (QED) is 0.715. The van der Waals surface area contributed by atoms with Crippen molar-refractivity contribution in [1.29, 1.82) is 0 Å². The largest absolute Gasteiger partial charge is 0.335 e. The van der Waals surface area contributed by atoms with Crippen LogP contribution in [0, 0.1) is 0 Å². The Morgan fingerprint density at radius 1 is 0.889 bits per heavy atom. The molecule has 1 N–H and O–H groups in total. The molecule has 1 saturated heterocycles. The maximum Gasteiger partial charge on any atom is 0.196 e. The topological polar surface area (TPSA) is 24.8 Å². The number of nitrogens with one attached hydrogen (secondary N) is 1. The molecule has 2 aromatic rings. The zero-order valence-electron chi connectivity index (χ0n) is 15.3. The van der Waals surface area contributed by atoms with Crippen molar-refractivity contribution < 1.29 is 9.46 Å². The lowest BCUT2D eigenvalue weighted by Crippen LogP contribution is -3.11. The first kappa shape index (κ1) is 20.4. The number of hydrogen-bond donors (Lipinski definition) is 1. The molecule has 1 aliphatic rings. The summed E-state index contributed by atoms with van der Waals surface area (Å²) < 4.78 is 16.1. The van der Waals surface area contributed by atoms with E-state index in [-0.39, 0.29) is 0 Å². The minimum absolute atomic E-state index is 0.485. The van der Waals surface area contributed by atoms with E-state index in [2.05, 4.69) is 7.05 Å². The van der Waals surface area contributed by atoms with Crippen LogP contribution in [0.15, 0.2) is 72.3 Å². The SMILES string of the molecule is C[NH+]1CCN(P(=O)(/C=C(\Cl)c2ccccc2)/C=C(\Cl)c2ccccc2)CC1. The van der Waals surface area contributed by atoms with Crippen molar-refractivity contribution in [3.63, 3.8) is 0 Å². The first-order valence-electron chi connectivity index (χ1n) is 9.02. The van der Waals surface area contributed by atoms with Crippen LogP contribution in [0.4, 0.5) is 0 Å². The number of rotatable bonds is 5. The molecular weight excluding hydrogens is 398 g/mol. The molecule has 0 atom stereocenters. The summed E-state index contributed by atoms with van der Waals surface area (Å²) in [5, 5.41) is 0.970. The van der Waals surface area contributed by atoms with E-state index in [9.17, 15) is 4.57 Å². The smallest absolute Gasteiger partial charge is 0.196 e. The average Bonchev–Trinajstić information content (AvgIpc) is 2.69. The highest BCUT2D eigenvalue weighted by Crippen LogP contribution is 2.56. The fourth-order valence-electron chi connectivity index (χ4n) is 3.06. The van der Waals surface area contributed by atoms with Gasteiger partial charge in [-0.15, -0.1) is 0 Å². The van der Waals surface area contributed by atoms with E-state index in [1.165, 1.54) is 4.90 Å². The molecule has 0 spiro atoms. The number of piperazine rings is 1.